The van der Waals surface area contributed by atoms with Crippen LogP contribution in [0.5, 0.6) is 0 Å². The Bertz CT molecular complexity index is 478. The van der Waals surface area contributed by atoms with Crippen molar-refractivity contribution in [3.05, 3.63) is 23.1 Å². The van der Waals surface area contributed by atoms with Crippen LogP contribution in [0.4, 0.5) is 0 Å². The van der Waals surface area contributed by atoms with Gasteiger partial charge in [-0.2, -0.15) is 8.42 Å². The molecule has 0 bridgehead atoms. The van der Waals surface area contributed by atoms with Gasteiger partial charge in [0.15, 0.2) is 0 Å². The van der Waals surface area contributed by atoms with E-state index in [0.717, 1.165) is 0 Å². The van der Waals surface area contributed by atoms with E-state index < -0.39 is 32.5 Å². The first-order valence-corrected chi connectivity index (χ1v) is 6.39. The van der Waals surface area contributed by atoms with Gasteiger partial charge in [0.25, 0.3) is 10.1 Å². The number of carbonyl (C=O) groups is 2. The Labute approximate surface area is 133 Å². The minimum absolute atomic E-state index is 0. The number of esters is 1. The van der Waals surface area contributed by atoms with E-state index in [1.54, 1.807) is 6.92 Å². The maximum absolute atomic E-state index is 11.5. The molecule has 0 rings (SSSR count). The van der Waals surface area contributed by atoms with Crippen molar-refractivity contribution in [1.82, 2.24) is 0 Å². The minimum Gasteiger partial charge on any atom is -0.544 e. The molecule has 0 aliphatic heterocycles. The molecule has 19 heavy (non-hydrogen) atoms. The number of aliphatic carboxylic acids is 1. The van der Waals surface area contributed by atoms with Gasteiger partial charge in [0.2, 0.25) is 0 Å². The van der Waals surface area contributed by atoms with Gasteiger partial charge >= 0.3 is 35.5 Å². The molecule has 7 nitrogen and oxygen atoms in total. The molecule has 0 amide bonds. The number of carboxylic acid groups (broad SMARTS) is 1. The van der Waals surface area contributed by atoms with Crippen molar-refractivity contribution in [2.45, 2.75) is 19.8 Å². The van der Waals surface area contributed by atoms with Crippen LogP contribution < -0.4 is 34.7 Å². The van der Waals surface area contributed by atoms with Crippen molar-refractivity contribution >= 4 is 22.1 Å². The molecule has 0 heterocycles. The third-order valence-electron chi connectivity index (χ3n) is 1.80. The molecule has 0 aliphatic carbocycles. The number of hydrogen-bond donors (Lipinski definition) is 1. The molecule has 0 spiro atoms. The zero-order valence-corrected chi connectivity index (χ0v) is 13.5. The number of carbonyl (C=O) groups excluding carboxylic acids is 2. The third kappa shape index (κ3) is 6.88. The van der Waals surface area contributed by atoms with Gasteiger partial charge in [-0.1, -0.05) is 26.0 Å². The summed E-state index contributed by atoms with van der Waals surface area (Å²) in [5.41, 5.74) is -0.651. The van der Waals surface area contributed by atoms with Crippen LogP contribution in [0.1, 0.15) is 19.8 Å². The van der Waals surface area contributed by atoms with Gasteiger partial charge in [-0.05, 0) is 6.42 Å². The van der Waals surface area contributed by atoms with Crippen LogP contribution in [0.3, 0.4) is 0 Å². The molecular weight excluding hydrogens is 287 g/mol. The van der Waals surface area contributed by atoms with E-state index in [4.69, 9.17) is 4.55 Å². The molecule has 0 atom stereocenters. The molecule has 0 radical (unpaired) electrons. The first-order chi connectivity index (χ1) is 8.25. The van der Waals surface area contributed by atoms with Crippen LogP contribution in [-0.4, -0.2) is 31.5 Å². The van der Waals surface area contributed by atoms with Crippen LogP contribution in [0.25, 0.3) is 0 Å². The van der Waals surface area contributed by atoms with Gasteiger partial charge in [0.1, 0.15) is 11.5 Å². The normalized spacial score (nSPS) is 11.9. The van der Waals surface area contributed by atoms with Crippen molar-refractivity contribution in [1.29, 1.82) is 0 Å². The van der Waals surface area contributed by atoms with Crippen molar-refractivity contribution in [3.8, 4) is 0 Å². The fourth-order valence-electron chi connectivity index (χ4n) is 1.16. The number of carboxylic acids is 1. The number of hydrogen-bond acceptors (Lipinski definition) is 6. The Morgan fingerprint density at radius 1 is 1.42 bits per heavy atom. The summed E-state index contributed by atoms with van der Waals surface area (Å²) in [5, 5.41) is 10.7. The zero-order valence-electron chi connectivity index (χ0n) is 10.7. The van der Waals surface area contributed by atoms with Crippen molar-refractivity contribution < 1.29 is 62.0 Å². The first-order valence-electron chi connectivity index (χ1n) is 4.95. The third-order valence-corrected chi connectivity index (χ3v) is 2.73. The number of rotatable bonds is 7. The summed E-state index contributed by atoms with van der Waals surface area (Å²) in [5.74, 6) is -3.30. The monoisotopic (exact) mass is 300 g/mol. The molecule has 0 fully saturated rings. The summed E-state index contributed by atoms with van der Waals surface area (Å²) in [7, 11) is -5.06. The largest absolute Gasteiger partial charge is 1.00 e. The predicted molar refractivity (Wildman–Crippen MR) is 59.6 cm³/mol. The van der Waals surface area contributed by atoms with E-state index in [0.29, 0.717) is 0 Å². The van der Waals surface area contributed by atoms with E-state index in [1.807, 2.05) is 0 Å². The summed E-state index contributed by atoms with van der Waals surface area (Å²) in [6.45, 7) is 4.66. The average Bonchev–Trinajstić information content (AvgIpc) is 2.22. The SMILES string of the molecule is C=CCOC(=O)/C(CCC)=C(\C(=O)[O-])S(=O)(=O)O.[Na+]. The van der Waals surface area contributed by atoms with E-state index in [2.05, 4.69) is 11.3 Å². The molecule has 0 saturated heterocycles. The molecule has 0 saturated carbocycles. The zero-order chi connectivity index (χ0) is 14.3. The Balaban J connectivity index is 0. The maximum atomic E-state index is 11.5. The fourth-order valence-corrected chi connectivity index (χ4v) is 1.87. The second kappa shape index (κ2) is 9.27. The van der Waals surface area contributed by atoms with Gasteiger partial charge < -0.3 is 14.6 Å². The van der Waals surface area contributed by atoms with Crippen LogP contribution in [0, 0.1) is 0 Å². The van der Waals surface area contributed by atoms with Crippen LogP contribution in [0.15, 0.2) is 23.1 Å². The quantitative estimate of drug-likeness (QED) is 0.170. The second-order valence-electron chi connectivity index (χ2n) is 3.21. The Morgan fingerprint density at radius 3 is 2.26 bits per heavy atom. The average molecular weight is 300 g/mol. The van der Waals surface area contributed by atoms with E-state index in [-0.39, 0.29) is 49.0 Å². The maximum Gasteiger partial charge on any atom is 1.00 e. The van der Waals surface area contributed by atoms with Gasteiger partial charge in [0.05, 0.1) is 11.5 Å². The van der Waals surface area contributed by atoms with Crippen LogP contribution in [0.2, 0.25) is 0 Å². The van der Waals surface area contributed by atoms with E-state index in [9.17, 15) is 23.1 Å². The smallest absolute Gasteiger partial charge is 0.544 e. The minimum atomic E-state index is -5.06. The molecule has 1 N–H and O–H groups in total. The van der Waals surface area contributed by atoms with Gasteiger partial charge in [0, 0.05) is 0 Å². The van der Waals surface area contributed by atoms with Crippen molar-refractivity contribution in [2.75, 3.05) is 6.61 Å². The number of ether oxygens (including phenoxy) is 1. The first kappa shape index (κ1) is 20.6. The summed E-state index contributed by atoms with van der Waals surface area (Å²) in [6, 6.07) is 0. The fraction of sp³-hybridized carbons (Fsp3) is 0.400. The van der Waals surface area contributed by atoms with Crippen LogP contribution >= 0.6 is 0 Å². The Hall–Kier alpha value is -0.670. The summed E-state index contributed by atoms with van der Waals surface area (Å²) >= 11 is 0. The molecule has 0 aromatic carbocycles. The summed E-state index contributed by atoms with van der Waals surface area (Å²) in [6.07, 6.45) is 1.33. The summed E-state index contributed by atoms with van der Waals surface area (Å²) < 4.78 is 35.2. The molecule has 102 valence electrons. The molecule has 0 aromatic heterocycles. The Morgan fingerprint density at radius 2 is 1.95 bits per heavy atom. The van der Waals surface area contributed by atoms with E-state index in [1.165, 1.54) is 6.08 Å². The molecule has 9 heteroatoms. The second-order valence-corrected chi connectivity index (χ2v) is 4.57. The molecular formula is C10H13NaO7S. The van der Waals surface area contributed by atoms with E-state index >= 15 is 0 Å². The predicted octanol–water partition coefficient (Wildman–Crippen LogP) is -3.59. The Kier molecular flexibility index (Phi) is 10.1. The van der Waals surface area contributed by atoms with Crippen LogP contribution in [-0.2, 0) is 24.4 Å². The standard InChI is InChI=1S/C10H14O7S.Na/c1-3-5-7(10(13)17-6-4-2)8(9(11)12)18(14,15)16;/h4H,2-3,5-6H2,1H3,(H,11,12)(H,14,15,16);/q;+1/p-1/b8-7+;. The molecule has 0 aliphatic rings. The topological polar surface area (TPSA) is 121 Å². The molecule has 0 aromatic rings. The summed E-state index contributed by atoms with van der Waals surface area (Å²) in [4.78, 5) is 20.7. The van der Waals surface area contributed by atoms with Gasteiger partial charge in [-0.15, -0.1) is 0 Å². The van der Waals surface area contributed by atoms with Crippen molar-refractivity contribution in [3.63, 3.8) is 0 Å². The van der Waals surface area contributed by atoms with Gasteiger partial charge in [-0.3, -0.25) is 4.55 Å². The molecule has 0 unspecified atom stereocenters. The van der Waals surface area contributed by atoms with Crippen molar-refractivity contribution in [2.24, 2.45) is 0 Å². The van der Waals surface area contributed by atoms with Gasteiger partial charge in [-0.25, -0.2) is 4.79 Å².